The number of aromatic nitrogens is 3. The Morgan fingerprint density at radius 2 is 1.86 bits per heavy atom. The molecule has 1 aliphatic heterocycles. The molecule has 1 aliphatic rings. The lowest BCUT2D eigenvalue weighted by Crippen LogP contribution is -2.26. The number of imidazole rings is 1. The number of rotatable bonds is 3. The SMILES string of the molecule is Cc1[nH]n2c(-c3ccccc3)c(C(F)(F)F)nc2c(=O)c1C(=O)Nc1cccc2c1OC(F)(F)C2. The van der Waals surface area contributed by atoms with E-state index < -0.39 is 52.6 Å². The third kappa shape index (κ3) is 3.80. The van der Waals surface area contributed by atoms with Crippen molar-refractivity contribution < 1.29 is 31.5 Å². The molecule has 0 fully saturated rings. The molecule has 0 aliphatic carbocycles. The highest BCUT2D eigenvalue weighted by molar-refractivity contribution is 6.06. The highest BCUT2D eigenvalue weighted by Crippen LogP contribution is 2.42. The Morgan fingerprint density at radius 3 is 2.54 bits per heavy atom. The lowest BCUT2D eigenvalue weighted by atomic mass is 10.1. The summed E-state index contributed by atoms with van der Waals surface area (Å²) in [5.74, 6) is -1.26. The van der Waals surface area contributed by atoms with Crippen molar-refractivity contribution in [2.75, 3.05) is 5.32 Å². The van der Waals surface area contributed by atoms with Gasteiger partial charge in [0.25, 0.3) is 5.91 Å². The Labute approximate surface area is 193 Å². The number of fused-ring (bicyclic) bond motifs is 2. The number of halogens is 5. The molecule has 2 N–H and O–H groups in total. The number of anilines is 1. The molecule has 3 heterocycles. The maximum atomic E-state index is 13.8. The van der Waals surface area contributed by atoms with Crippen LogP contribution in [0.1, 0.15) is 27.3 Å². The molecule has 0 atom stereocenters. The number of amides is 1. The van der Waals surface area contributed by atoms with Gasteiger partial charge in [0.15, 0.2) is 11.4 Å². The molecule has 180 valence electrons. The second-order valence-corrected chi connectivity index (χ2v) is 7.94. The van der Waals surface area contributed by atoms with Crippen LogP contribution in [-0.4, -0.2) is 26.6 Å². The number of aryl methyl sites for hydroxylation is 1. The van der Waals surface area contributed by atoms with Crippen LogP contribution in [-0.2, 0) is 12.6 Å². The van der Waals surface area contributed by atoms with E-state index in [1.807, 2.05) is 0 Å². The third-order valence-corrected chi connectivity index (χ3v) is 5.50. The monoisotopic (exact) mass is 490 g/mol. The lowest BCUT2D eigenvalue weighted by molar-refractivity contribution is -0.158. The van der Waals surface area contributed by atoms with Crippen molar-refractivity contribution in [1.29, 1.82) is 0 Å². The van der Waals surface area contributed by atoms with E-state index in [1.54, 1.807) is 6.07 Å². The van der Waals surface area contributed by atoms with E-state index >= 15 is 0 Å². The fourth-order valence-corrected chi connectivity index (χ4v) is 4.06. The van der Waals surface area contributed by atoms with Crippen LogP contribution in [0.15, 0.2) is 53.3 Å². The zero-order valence-corrected chi connectivity index (χ0v) is 17.8. The van der Waals surface area contributed by atoms with Crippen LogP contribution in [0.4, 0.5) is 27.6 Å². The molecule has 0 radical (unpaired) electrons. The molecule has 2 aromatic heterocycles. The first-order valence-electron chi connectivity index (χ1n) is 10.2. The summed E-state index contributed by atoms with van der Waals surface area (Å²) in [6.45, 7) is 1.33. The van der Waals surface area contributed by atoms with Crippen molar-refractivity contribution >= 4 is 17.2 Å². The number of carbonyl (C=O) groups is 1. The summed E-state index contributed by atoms with van der Waals surface area (Å²) in [6, 6.07) is 11.7. The minimum atomic E-state index is -4.89. The van der Waals surface area contributed by atoms with E-state index in [0.29, 0.717) is 0 Å². The van der Waals surface area contributed by atoms with Gasteiger partial charge in [0, 0.05) is 16.8 Å². The largest absolute Gasteiger partial charge is 0.435 e. The molecule has 0 unspecified atom stereocenters. The van der Waals surface area contributed by atoms with Crippen LogP contribution < -0.4 is 15.5 Å². The molecule has 7 nitrogen and oxygen atoms in total. The molecule has 5 rings (SSSR count). The highest BCUT2D eigenvalue weighted by atomic mass is 19.4. The number of hydrogen-bond acceptors (Lipinski definition) is 4. The third-order valence-electron chi connectivity index (χ3n) is 5.50. The number of nitrogens with one attached hydrogen (secondary N) is 2. The Morgan fingerprint density at radius 1 is 1.14 bits per heavy atom. The minimum Gasteiger partial charge on any atom is -0.430 e. The zero-order valence-electron chi connectivity index (χ0n) is 17.8. The smallest absolute Gasteiger partial charge is 0.430 e. The van der Waals surface area contributed by atoms with Gasteiger partial charge in [-0.15, -0.1) is 0 Å². The van der Waals surface area contributed by atoms with E-state index in [9.17, 15) is 31.5 Å². The average Bonchev–Trinajstić information content (AvgIpc) is 3.31. The van der Waals surface area contributed by atoms with Crippen LogP contribution in [0.5, 0.6) is 5.75 Å². The van der Waals surface area contributed by atoms with Gasteiger partial charge >= 0.3 is 12.3 Å². The Hall–Kier alpha value is -4.22. The van der Waals surface area contributed by atoms with Crippen molar-refractivity contribution in [3.8, 4) is 17.0 Å². The Balaban J connectivity index is 1.63. The van der Waals surface area contributed by atoms with Crippen LogP contribution in [0.25, 0.3) is 16.9 Å². The van der Waals surface area contributed by atoms with Gasteiger partial charge in [0.2, 0.25) is 11.1 Å². The minimum absolute atomic E-state index is 0.0536. The predicted molar refractivity (Wildman–Crippen MR) is 115 cm³/mol. The van der Waals surface area contributed by atoms with Crippen molar-refractivity contribution in [3.05, 3.63) is 81.3 Å². The van der Waals surface area contributed by atoms with Gasteiger partial charge in [-0.05, 0) is 13.0 Å². The van der Waals surface area contributed by atoms with E-state index in [4.69, 9.17) is 0 Å². The van der Waals surface area contributed by atoms with Crippen LogP contribution in [0.3, 0.4) is 0 Å². The number of aromatic amines is 1. The fraction of sp³-hybridized carbons (Fsp3) is 0.174. The normalized spacial score (nSPS) is 14.6. The van der Waals surface area contributed by atoms with E-state index in [2.05, 4.69) is 20.1 Å². The van der Waals surface area contributed by atoms with Gasteiger partial charge in [0.05, 0.1) is 12.1 Å². The number of benzene rings is 2. The lowest BCUT2D eigenvalue weighted by Gasteiger charge is -2.13. The van der Waals surface area contributed by atoms with Crippen molar-refractivity contribution in [1.82, 2.24) is 14.6 Å². The molecule has 0 saturated heterocycles. The predicted octanol–water partition coefficient (Wildman–Crippen LogP) is 4.80. The van der Waals surface area contributed by atoms with Gasteiger partial charge in [0.1, 0.15) is 11.3 Å². The number of hydrogen-bond donors (Lipinski definition) is 2. The molecule has 2 aromatic carbocycles. The number of ether oxygens (including phenoxy) is 1. The summed E-state index contributed by atoms with van der Waals surface area (Å²) in [5, 5.41) is 4.98. The van der Waals surface area contributed by atoms with Crippen molar-refractivity contribution in [2.24, 2.45) is 0 Å². The van der Waals surface area contributed by atoms with Gasteiger partial charge in [-0.1, -0.05) is 42.5 Å². The zero-order chi connectivity index (χ0) is 25.1. The number of alkyl halides is 5. The summed E-state index contributed by atoms with van der Waals surface area (Å²) in [4.78, 5) is 29.7. The van der Waals surface area contributed by atoms with E-state index in [-0.39, 0.29) is 28.3 Å². The van der Waals surface area contributed by atoms with E-state index in [0.717, 1.165) is 4.52 Å². The first-order valence-corrected chi connectivity index (χ1v) is 10.2. The highest BCUT2D eigenvalue weighted by Gasteiger charge is 2.42. The summed E-state index contributed by atoms with van der Waals surface area (Å²) in [7, 11) is 0. The average molecular weight is 490 g/mol. The number of nitrogens with zero attached hydrogens (tertiary/aromatic N) is 2. The molecule has 0 saturated carbocycles. The molecule has 35 heavy (non-hydrogen) atoms. The second-order valence-electron chi connectivity index (χ2n) is 7.94. The van der Waals surface area contributed by atoms with Crippen LogP contribution >= 0.6 is 0 Å². The van der Waals surface area contributed by atoms with Gasteiger partial charge in [-0.3, -0.25) is 14.7 Å². The topological polar surface area (TPSA) is 88.5 Å². The summed E-state index contributed by atoms with van der Waals surface area (Å²) >= 11 is 0. The maximum Gasteiger partial charge on any atom is 0.435 e. The van der Waals surface area contributed by atoms with Crippen LogP contribution in [0.2, 0.25) is 0 Å². The molecule has 0 bridgehead atoms. The quantitative estimate of drug-likeness (QED) is 0.404. The van der Waals surface area contributed by atoms with Crippen molar-refractivity contribution in [3.63, 3.8) is 0 Å². The number of carbonyl (C=O) groups excluding carboxylic acids is 1. The van der Waals surface area contributed by atoms with Gasteiger partial charge in [-0.2, -0.15) is 22.0 Å². The first-order chi connectivity index (χ1) is 16.5. The molecule has 4 aromatic rings. The molecule has 12 heteroatoms. The van der Waals surface area contributed by atoms with Gasteiger partial charge < -0.3 is 10.1 Å². The Kier molecular flexibility index (Phi) is 4.93. The summed E-state index contributed by atoms with van der Waals surface area (Å²) < 4.78 is 74.2. The summed E-state index contributed by atoms with van der Waals surface area (Å²) in [5.41, 5.74) is -3.77. The Bertz CT molecular complexity index is 1540. The molecular formula is C23H15F5N4O3. The number of H-pyrrole nitrogens is 1. The first kappa shape index (κ1) is 22.6. The standard InChI is InChI=1S/C23H15F5N4O3/c1-11-15(21(34)29-14-9-5-8-13-10-22(24,25)35-18(13)14)17(33)20-30-19(23(26,27)28)16(32(20)31-11)12-6-3-2-4-7-12/h2-9,31H,10H2,1H3,(H,29,34). The van der Waals surface area contributed by atoms with Crippen LogP contribution in [0, 0.1) is 6.92 Å². The second kappa shape index (κ2) is 7.65. The maximum absolute atomic E-state index is 13.8. The van der Waals surface area contributed by atoms with E-state index in [1.165, 1.54) is 49.4 Å². The molecule has 1 amide bonds. The summed E-state index contributed by atoms with van der Waals surface area (Å²) in [6.07, 6.45) is -9.03. The molecule has 0 spiro atoms. The fourth-order valence-electron chi connectivity index (χ4n) is 4.06. The molecular weight excluding hydrogens is 475 g/mol. The van der Waals surface area contributed by atoms with Crippen molar-refractivity contribution in [2.45, 2.75) is 25.6 Å². The van der Waals surface area contributed by atoms with Gasteiger partial charge in [-0.25, -0.2) is 9.50 Å². The number of para-hydroxylation sites is 1.